The number of carbonyl (C=O) groups is 1. The van der Waals surface area contributed by atoms with E-state index in [1.54, 1.807) is 6.08 Å². The lowest BCUT2D eigenvalue weighted by atomic mass is 10.1. The zero-order valence-electron chi connectivity index (χ0n) is 11.3. The van der Waals surface area contributed by atoms with Crippen LogP contribution in [0.4, 0.5) is 5.69 Å². The minimum atomic E-state index is -0.382. The third kappa shape index (κ3) is 3.14. The zero-order chi connectivity index (χ0) is 14.5. The number of hydrogen-bond donors (Lipinski definition) is 1. The summed E-state index contributed by atoms with van der Waals surface area (Å²) in [7, 11) is 0. The molecule has 0 unspecified atom stereocenters. The first-order valence-corrected chi connectivity index (χ1v) is 7.07. The highest BCUT2D eigenvalue weighted by atomic mass is 32.1. The van der Waals surface area contributed by atoms with Crippen molar-refractivity contribution in [2.75, 3.05) is 5.32 Å². The van der Waals surface area contributed by atoms with Crippen molar-refractivity contribution in [2.45, 2.75) is 13.8 Å². The van der Waals surface area contributed by atoms with Crippen molar-refractivity contribution < 1.29 is 4.79 Å². The first-order valence-electron chi connectivity index (χ1n) is 6.13. The molecule has 0 aliphatic carbocycles. The van der Waals surface area contributed by atoms with Gasteiger partial charge in [0, 0.05) is 5.69 Å². The van der Waals surface area contributed by atoms with Crippen molar-refractivity contribution in [3.05, 3.63) is 57.3 Å². The Morgan fingerprint density at radius 2 is 2.15 bits per heavy atom. The third-order valence-corrected chi connectivity index (χ3v) is 3.77. The molecule has 20 heavy (non-hydrogen) atoms. The summed E-state index contributed by atoms with van der Waals surface area (Å²) in [4.78, 5) is 12.1. The fraction of sp³-hybridized carbons (Fsp3) is 0.125. The Balaban J connectivity index is 2.23. The maximum absolute atomic E-state index is 12.1. The van der Waals surface area contributed by atoms with Gasteiger partial charge in [-0.15, -0.1) is 0 Å². The predicted octanol–water partition coefficient (Wildman–Crippen LogP) is 3.91. The van der Waals surface area contributed by atoms with Crippen LogP contribution in [0.25, 0.3) is 6.08 Å². The summed E-state index contributed by atoms with van der Waals surface area (Å²) in [5.41, 5.74) is 3.81. The van der Waals surface area contributed by atoms with Crippen molar-refractivity contribution in [3.8, 4) is 6.07 Å². The summed E-state index contributed by atoms with van der Waals surface area (Å²) in [5.74, 6) is -0.382. The van der Waals surface area contributed by atoms with Crippen LogP contribution in [0.5, 0.6) is 0 Å². The number of thiophene rings is 1. The minimum absolute atomic E-state index is 0.101. The highest BCUT2D eigenvalue weighted by Gasteiger charge is 2.11. The summed E-state index contributed by atoms with van der Waals surface area (Å²) in [6.45, 7) is 3.93. The predicted molar refractivity (Wildman–Crippen MR) is 82.5 cm³/mol. The number of amides is 1. The maximum atomic E-state index is 12.1. The molecule has 100 valence electrons. The molecule has 1 aromatic heterocycles. The summed E-state index contributed by atoms with van der Waals surface area (Å²) >= 11 is 1.53. The number of nitrogens with zero attached hydrogens (tertiary/aromatic N) is 1. The largest absolute Gasteiger partial charge is 0.321 e. The van der Waals surface area contributed by atoms with Crippen molar-refractivity contribution in [1.29, 1.82) is 5.26 Å². The highest BCUT2D eigenvalue weighted by Crippen LogP contribution is 2.19. The highest BCUT2D eigenvalue weighted by molar-refractivity contribution is 7.08. The first-order chi connectivity index (χ1) is 9.61. The van der Waals surface area contributed by atoms with E-state index in [4.69, 9.17) is 5.26 Å². The lowest BCUT2D eigenvalue weighted by molar-refractivity contribution is -0.112. The van der Waals surface area contributed by atoms with Crippen LogP contribution >= 0.6 is 11.3 Å². The van der Waals surface area contributed by atoms with Crippen LogP contribution in [0.2, 0.25) is 0 Å². The van der Waals surface area contributed by atoms with E-state index in [0.717, 1.165) is 22.4 Å². The number of nitrogens with one attached hydrogen (secondary N) is 1. The fourth-order valence-electron chi connectivity index (χ4n) is 1.75. The van der Waals surface area contributed by atoms with Gasteiger partial charge in [0.2, 0.25) is 0 Å². The second-order valence-electron chi connectivity index (χ2n) is 4.43. The monoisotopic (exact) mass is 282 g/mol. The van der Waals surface area contributed by atoms with Gasteiger partial charge in [-0.3, -0.25) is 4.79 Å². The number of nitriles is 1. The molecule has 1 heterocycles. The van der Waals surface area contributed by atoms with Crippen LogP contribution in [0.3, 0.4) is 0 Å². The Morgan fingerprint density at radius 1 is 1.35 bits per heavy atom. The normalized spacial score (nSPS) is 10.9. The van der Waals surface area contributed by atoms with Crippen LogP contribution in [-0.4, -0.2) is 5.91 Å². The van der Waals surface area contributed by atoms with Crippen LogP contribution in [0, 0.1) is 25.2 Å². The molecule has 1 amide bonds. The first kappa shape index (κ1) is 14.0. The van der Waals surface area contributed by atoms with Gasteiger partial charge in [0.05, 0.1) is 0 Å². The Labute approximate surface area is 122 Å². The molecule has 0 saturated heterocycles. The number of hydrogen-bond acceptors (Lipinski definition) is 3. The van der Waals surface area contributed by atoms with E-state index in [0.29, 0.717) is 0 Å². The molecular formula is C16H14N2OS. The van der Waals surface area contributed by atoms with Crippen LogP contribution < -0.4 is 5.32 Å². The summed E-state index contributed by atoms with van der Waals surface area (Å²) < 4.78 is 0. The molecule has 0 atom stereocenters. The van der Waals surface area contributed by atoms with Gasteiger partial charge in [-0.05, 0) is 59.5 Å². The molecule has 2 rings (SSSR count). The smallest absolute Gasteiger partial charge is 0.266 e. The third-order valence-electron chi connectivity index (χ3n) is 3.07. The molecular weight excluding hydrogens is 268 g/mol. The number of rotatable bonds is 3. The average Bonchev–Trinajstić information content (AvgIpc) is 2.94. The molecule has 0 saturated carbocycles. The van der Waals surface area contributed by atoms with Gasteiger partial charge in [-0.25, -0.2) is 0 Å². The van der Waals surface area contributed by atoms with Gasteiger partial charge in [-0.2, -0.15) is 16.6 Å². The van der Waals surface area contributed by atoms with E-state index in [9.17, 15) is 4.79 Å². The number of carbonyl (C=O) groups excluding carboxylic acids is 1. The minimum Gasteiger partial charge on any atom is -0.321 e. The van der Waals surface area contributed by atoms with Gasteiger partial charge in [-0.1, -0.05) is 12.1 Å². The van der Waals surface area contributed by atoms with E-state index < -0.39 is 0 Å². The Kier molecular flexibility index (Phi) is 4.34. The Morgan fingerprint density at radius 3 is 2.80 bits per heavy atom. The lowest BCUT2D eigenvalue weighted by Gasteiger charge is -2.09. The molecule has 0 fully saturated rings. The van der Waals surface area contributed by atoms with E-state index >= 15 is 0 Å². The number of anilines is 1. The Hall–Kier alpha value is -2.38. The number of aryl methyl sites for hydroxylation is 1. The summed E-state index contributed by atoms with van der Waals surface area (Å²) in [5, 5.41) is 15.7. The molecule has 0 bridgehead atoms. The van der Waals surface area contributed by atoms with Gasteiger partial charge in [0.15, 0.2) is 0 Å². The van der Waals surface area contributed by atoms with Crippen LogP contribution in [0.15, 0.2) is 40.6 Å². The molecule has 0 radical (unpaired) electrons. The molecule has 3 nitrogen and oxygen atoms in total. The van der Waals surface area contributed by atoms with E-state index in [1.807, 2.05) is 54.9 Å². The molecule has 2 aromatic rings. The standard InChI is InChI=1S/C16H14N2OS/c1-11-4-3-5-15(12(11)2)18-16(19)14(9-17)8-13-6-7-20-10-13/h3-8,10H,1-2H3,(H,18,19)/b14-8+. The summed E-state index contributed by atoms with van der Waals surface area (Å²) in [6, 6.07) is 9.51. The second-order valence-corrected chi connectivity index (χ2v) is 5.21. The average molecular weight is 282 g/mol. The zero-order valence-corrected chi connectivity index (χ0v) is 12.1. The van der Waals surface area contributed by atoms with Crippen molar-refractivity contribution in [3.63, 3.8) is 0 Å². The fourth-order valence-corrected chi connectivity index (χ4v) is 2.37. The van der Waals surface area contributed by atoms with E-state index in [-0.39, 0.29) is 11.5 Å². The van der Waals surface area contributed by atoms with Gasteiger partial charge >= 0.3 is 0 Å². The van der Waals surface area contributed by atoms with Gasteiger partial charge < -0.3 is 5.32 Å². The quantitative estimate of drug-likeness (QED) is 0.685. The molecule has 0 aliphatic heterocycles. The molecule has 0 aliphatic rings. The van der Waals surface area contributed by atoms with Crippen molar-refractivity contribution >= 4 is 29.0 Å². The topological polar surface area (TPSA) is 52.9 Å². The van der Waals surface area contributed by atoms with Crippen LogP contribution in [-0.2, 0) is 4.79 Å². The molecule has 0 spiro atoms. The molecule has 1 N–H and O–H groups in total. The summed E-state index contributed by atoms with van der Waals surface area (Å²) in [6.07, 6.45) is 1.59. The van der Waals surface area contributed by atoms with Gasteiger partial charge in [0.25, 0.3) is 5.91 Å². The van der Waals surface area contributed by atoms with E-state index in [2.05, 4.69) is 5.32 Å². The second kappa shape index (κ2) is 6.18. The lowest BCUT2D eigenvalue weighted by Crippen LogP contribution is -2.14. The molecule has 4 heteroatoms. The van der Waals surface area contributed by atoms with Crippen molar-refractivity contribution in [2.24, 2.45) is 0 Å². The van der Waals surface area contributed by atoms with Gasteiger partial charge in [0.1, 0.15) is 11.6 Å². The maximum Gasteiger partial charge on any atom is 0.266 e. The van der Waals surface area contributed by atoms with Crippen LogP contribution in [0.1, 0.15) is 16.7 Å². The SMILES string of the molecule is Cc1cccc(NC(=O)/C(C#N)=C/c2ccsc2)c1C. The van der Waals surface area contributed by atoms with E-state index in [1.165, 1.54) is 11.3 Å². The molecule has 1 aromatic carbocycles. The Bertz CT molecular complexity index is 694. The number of benzene rings is 1. The van der Waals surface area contributed by atoms with Crippen molar-refractivity contribution in [1.82, 2.24) is 0 Å².